The third-order valence-electron chi connectivity index (χ3n) is 3.99. The van der Waals surface area contributed by atoms with Gasteiger partial charge in [0.2, 0.25) is 15.9 Å². The summed E-state index contributed by atoms with van der Waals surface area (Å²) in [6, 6.07) is 6.19. The van der Waals surface area contributed by atoms with Crippen LogP contribution in [0.1, 0.15) is 12.0 Å². The van der Waals surface area contributed by atoms with Crippen LogP contribution in [-0.2, 0) is 21.4 Å². The van der Waals surface area contributed by atoms with E-state index < -0.39 is 33.9 Å². The molecular formula is C15H19F3N2O4S. The van der Waals surface area contributed by atoms with Gasteiger partial charge in [-0.1, -0.05) is 12.1 Å². The average molecular weight is 380 g/mol. The van der Waals surface area contributed by atoms with Crippen molar-refractivity contribution in [1.82, 2.24) is 9.21 Å². The van der Waals surface area contributed by atoms with Crippen LogP contribution in [0.15, 0.2) is 24.3 Å². The van der Waals surface area contributed by atoms with E-state index in [-0.39, 0.29) is 19.5 Å². The molecule has 0 spiro atoms. The maximum atomic E-state index is 12.9. The summed E-state index contributed by atoms with van der Waals surface area (Å²) < 4.78 is 68.8. The van der Waals surface area contributed by atoms with Crippen molar-refractivity contribution in [2.24, 2.45) is 0 Å². The van der Waals surface area contributed by atoms with Crippen LogP contribution in [0.2, 0.25) is 0 Å². The third-order valence-corrected chi connectivity index (χ3v) is 6.20. The van der Waals surface area contributed by atoms with Crippen molar-refractivity contribution in [3.8, 4) is 5.75 Å². The summed E-state index contributed by atoms with van der Waals surface area (Å²) in [6.45, 7) is -1.73. The number of ether oxygens (including phenoxy) is 1. The third kappa shape index (κ3) is 4.63. The number of rotatable bonds is 5. The molecule has 2 rings (SSSR count). The minimum absolute atomic E-state index is 0.0192. The lowest BCUT2D eigenvalue weighted by molar-refractivity contribution is -0.162. The van der Waals surface area contributed by atoms with Crippen LogP contribution >= 0.6 is 0 Å². The molecule has 1 unspecified atom stereocenters. The summed E-state index contributed by atoms with van der Waals surface area (Å²) in [5.41, 5.74) is 0.446. The Morgan fingerprint density at radius 3 is 2.36 bits per heavy atom. The van der Waals surface area contributed by atoms with Crippen molar-refractivity contribution >= 4 is 15.9 Å². The fourth-order valence-electron chi connectivity index (χ4n) is 2.63. The fourth-order valence-corrected chi connectivity index (χ4v) is 4.23. The number of amides is 1. The second kappa shape index (κ2) is 7.20. The summed E-state index contributed by atoms with van der Waals surface area (Å²) >= 11 is 0. The van der Waals surface area contributed by atoms with E-state index in [1.165, 1.54) is 26.3 Å². The molecule has 0 saturated carbocycles. The molecule has 1 fully saturated rings. The standard InChI is InChI=1S/C15H19F3N2O4S/c1-19-8-7-13(25(19,22)23)14(21)20(10-15(16,17)18)9-11-3-5-12(24-2)6-4-11/h3-6,13H,7-10H2,1-2H3. The van der Waals surface area contributed by atoms with Gasteiger partial charge in [0.1, 0.15) is 12.3 Å². The molecule has 1 amide bonds. The molecule has 0 aliphatic carbocycles. The molecular weight excluding hydrogens is 361 g/mol. The van der Waals surface area contributed by atoms with E-state index in [2.05, 4.69) is 0 Å². The SMILES string of the molecule is COc1ccc(CN(CC(F)(F)F)C(=O)C2CCN(C)S2(=O)=O)cc1. The van der Waals surface area contributed by atoms with Gasteiger partial charge in [0.25, 0.3) is 0 Å². The number of halogens is 3. The van der Waals surface area contributed by atoms with E-state index in [1.807, 2.05) is 0 Å². The number of hydrogen-bond donors (Lipinski definition) is 0. The highest BCUT2D eigenvalue weighted by Gasteiger charge is 2.45. The number of alkyl halides is 3. The van der Waals surface area contributed by atoms with Crippen molar-refractivity contribution in [1.29, 1.82) is 0 Å². The molecule has 0 bridgehead atoms. The highest BCUT2D eigenvalue weighted by Crippen LogP contribution is 2.26. The van der Waals surface area contributed by atoms with E-state index in [0.29, 0.717) is 16.2 Å². The van der Waals surface area contributed by atoms with E-state index in [0.717, 1.165) is 4.31 Å². The first-order chi connectivity index (χ1) is 11.5. The topological polar surface area (TPSA) is 66.9 Å². The summed E-state index contributed by atoms with van der Waals surface area (Å²) in [6.07, 6.45) is -4.65. The van der Waals surface area contributed by atoms with Gasteiger partial charge in [0.05, 0.1) is 7.11 Å². The zero-order valence-corrected chi connectivity index (χ0v) is 14.6. The lowest BCUT2D eigenvalue weighted by atomic mass is 10.2. The van der Waals surface area contributed by atoms with Gasteiger partial charge in [-0.15, -0.1) is 0 Å². The molecule has 1 saturated heterocycles. The zero-order chi connectivity index (χ0) is 18.8. The van der Waals surface area contributed by atoms with Gasteiger partial charge in [-0.3, -0.25) is 4.79 Å². The van der Waals surface area contributed by atoms with Crippen molar-refractivity contribution < 1.29 is 31.1 Å². The van der Waals surface area contributed by atoms with Crippen molar-refractivity contribution in [2.75, 3.05) is 27.2 Å². The Hall–Kier alpha value is -1.81. The van der Waals surface area contributed by atoms with Crippen LogP contribution < -0.4 is 4.74 Å². The van der Waals surface area contributed by atoms with Gasteiger partial charge in [0, 0.05) is 20.1 Å². The van der Waals surface area contributed by atoms with E-state index in [9.17, 15) is 26.4 Å². The van der Waals surface area contributed by atoms with Crippen LogP contribution in [-0.4, -0.2) is 62.2 Å². The lowest BCUT2D eigenvalue weighted by Gasteiger charge is -2.26. The molecule has 1 aromatic carbocycles. The Morgan fingerprint density at radius 1 is 1.32 bits per heavy atom. The predicted molar refractivity (Wildman–Crippen MR) is 84.4 cm³/mol. The zero-order valence-electron chi connectivity index (χ0n) is 13.8. The van der Waals surface area contributed by atoms with Crippen LogP contribution in [0.25, 0.3) is 0 Å². The Balaban J connectivity index is 2.24. The highest BCUT2D eigenvalue weighted by atomic mass is 32.2. The van der Waals surface area contributed by atoms with Crippen molar-refractivity contribution in [3.05, 3.63) is 29.8 Å². The number of methoxy groups -OCH3 is 1. The molecule has 6 nitrogen and oxygen atoms in total. The lowest BCUT2D eigenvalue weighted by Crippen LogP contribution is -2.46. The number of sulfonamides is 1. The molecule has 25 heavy (non-hydrogen) atoms. The fraction of sp³-hybridized carbons (Fsp3) is 0.533. The second-order valence-corrected chi connectivity index (χ2v) is 8.02. The smallest absolute Gasteiger partial charge is 0.406 e. The predicted octanol–water partition coefficient (Wildman–Crippen LogP) is 1.62. The highest BCUT2D eigenvalue weighted by molar-refractivity contribution is 7.90. The van der Waals surface area contributed by atoms with Gasteiger partial charge in [-0.05, 0) is 24.1 Å². The van der Waals surface area contributed by atoms with Crippen molar-refractivity contribution in [3.63, 3.8) is 0 Å². The Morgan fingerprint density at radius 2 is 1.92 bits per heavy atom. The minimum atomic E-state index is -4.63. The number of nitrogens with zero attached hydrogens (tertiary/aromatic N) is 2. The maximum absolute atomic E-state index is 12.9. The monoisotopic (exact) mass is 380 g/mol. The van der Waals surface area contributed by atoms with Crippen LogP contribution in [0.5, 0.6) is 5.75 Å². The van der Waals surface area contributed by atoms with Gasteiger partial charge in [0.15, 0.2) is 5.25 Å². The first-order valence-electron chi connectivity index (χ1n) is 7.48. The molecule has 10 heteroatoms. The summed E-state index contributed by atoms with van der Waals surface area (Å²) in [5.74, 6) is -0.505. The number of hydrogen-bond acceptors (Lipinski definition) is 4. The molecule has 1 heterocycles. The Kier molecular flexibility index (Phi) is 5.62. The van der Waals surface area contributed by atoms with Crippen LogP contribution in [0.3, 0.4) is 0 Å². The maximum Gasteiger partial charge on any atom is 0.406 e. The summed E-state index contributed by atoms with van der Waals surface area (Å²) in [7, 11) is -1.15. The normalized spacial score (nSPS) is 20.4. The first-order valence-corrected chi connectivity index (χ1v) is 8.98. The first kappa shape index (κ1) is 19.5. The van der Waals surface area contributed by atoms with Crippen LogP contribution in [0.4, 0.5) is 13.2 Å². The average Bonchev–Trinajstić information content (AvgIpc) is 2.79. The molecule has 1 aliphatic rings. The molecule has 0 N–H and O–H groups in total. The van der Waals surface area contributed by atoms with E-state index in [1.54, 1.807) is 12.1 Å². The Bertz CT molecular complexity index is 719. The van der Waals surface area contributed by atoms with Crippen molar-refractivity contribution in [2.45, 2.75) is 24.4 Å². The molecule has 0 aromatic heterocycles. The number of carbonyl (C=O) groups excluding carboxylic acids is 1. The number of benzene rings is 1. The molecule has 140 valence electrons. The largest absolute Gasteiger partial charge is 0.497 e. The van der Waals surface area contributed by atoms with Gasteiger partial charge in [-0.2, -0.15) is 13.2 Å². The van der Waals surface area contributed by atoms with Crippen LogP contribution in [0, 0.1) is 0 Å². The summed E-state index contributed by atoms with van der Waals surface area (Å²) in [4.78, 5) is 13.1. The van der Waals surface area contributed by atoms with Gasteiger partial charge >= 0.3 is 6.18 Å². The quantitative estimate of drug-likeness (QED) is 0.779. The van der Waals surface area contributed by atoms with E-state index >= 15 is 0 Å². The molecule has 1 aliphatic heterocycles. The van der Waals surface area contributed by atoms with Gasteiger partial charge in [-0.25, -0.2) is 12.7 Å². The summed E-state index contributed by atoms with van der Waals surface area (Å²) in [5, 5.41) is -1.47. The minimum Gasteiger partial charge on any atom is -0.497 e. The molecule has 0 radical (unpaired) electrons. The second-order valence-electron chi connectivity index (χ2n) is 5.80. The van der Waals surface area contributed by atoms with E-state index in [4.69, 9.17) is 4.74 Å². The molecule has 1 aromatic rings. The van der Waals surface area contributed by atoms with Gasteiger partial charge < -0.3 is 9.64 Å². The number of carbonyl (C=O) groups is 1. The molecule has 1 atom stereocenters. The Labute approximate surface area is 144 Å².